The minimum Gasteiger partial charge on any atom is -1.00 e. The summed E-state index contributed by atoms with van der Waals surface area (Å²) in [5.74, 6) is 0. The molecule has 6 nitrogen and oxygen atoms in total. The molecule has 1 fully saturated rings. The Balaban J connectivity index is 0.00000256. The Hall–Kier alpha value is -1.30. The van der Waals surface area contributed by atoms with Gasteiger partial charge in [0.05, 0.1) is 39.1 Å². The van der Waals surface area contributed by atoms with Crippen molar-refractivity contribution < 1.29 is 32.4 Å². The maximum atomic E-state index is 12.4. The summed E-state index contributed by atoms with van der Waals surface area (Å²) < 4.78 is 29.8. The molecule has 2 N–H and O–H groups in total. The van der Waals surface area contributed by atoms with Crippen molar-refractivity contribution in [2.24, 2.45) is 0 Å². The van der Waals surface area contributed by atoms with Gasteiger partial charge in [-0.2, -0.15) is 4.31 Å². The fourth-order valence-electron chi connectivity index (χ4n) is 3.86. The summed E-state index contributed by atoms with van der Waals surface area (Å²) in [5, 5.41) is 0.739. The van der Waals surface area contributed by atoms with Gasteiger partial charge in [0.2, 0.25) is 15.4 Å². The number of rotatable bonds is 2. The Morgan fingerprint density at radius 1 is 1.10 bits per heavy atom. The molecule has 0 saturated carbocycles. The van der Waals surface area contributed by atoms with Gasteiger partial charge in [0, 0.05) is 17.8 Å². The lowest BCUT2D eigenvalue weighted by Crippen LogP contribution is -3.00. The molecule has 1 aromatic carbocycles. The molecular weight excluding hydrogens is 531 g/mol. The minimum absolute atomic E-state index is 0. The number of halogens is 1. The quantitative estimate of drug-likeness (QED) is 0.198. The zero-order valence-electron chi connectivity index (χ0n) is 17.6. The van der Waals surface area contributed by atoms with E-state index in [9.17, 15) is 8.42 Å². The molecule has 0 radical (unpaired) electrons. The Morgan fingerprint density at radius 3 is 2.40 bits per heavy atom. The third kappa shape index (κ3) is 4.21. The molecule has 0 unspecified atom stereocenters. The molecule has 1 aromatic rings. The molecule has 162 valence electrons. The van der Waals surface area contributed by atoms with E-state index < -0.39 is 10.0 Å². The third-order valence-electron chi connectivity index (χ3n) is 5.54. The second-order valence-electron chi connectivity index (χ2n) is 7.99. The summed E-state index contributed by atoms with van der Waals surface area (Å²) in [6, 6.07) is 8.27. The Morgan fingerprint density at radius 2 is 1.77 bits per heavy atom. The van der Waals surface area contributed by atoms with Crippen LogP contribution in [0.2, 0.25) is 0 Å². The van der Waals surface area contributed by atoms with E-state index in [-0.39, 0.29) is 29.2 Å². The summed E-state index contributed by atoms with van der Waals surface area (Å²) in [7, 11) is -3.19. The van der Waals surface area contributed by atoms with Crippen molar-refractivity contribution in [2.75, 3.05) is 31.9 Å². The van der Waals surface area contributed by atoms with Crippen LogP contribution in [0.3, 0.4) is 0 Å². The molecule has 30 heavy (non-hydrogen) atoms. The molecule has 0 amide bonds. The van der Waals surface area contributed by atoms with Crippen LogP contribution < -0.4 is 39.6 Å². The Bertz CT molecular complexity index is 1240. The maximum absolute atomic E-state index is 12.4. The first kappa shape index (κ1) is 23.4. The van der Waals surface area contributed by atoms with Crippen LogP contribution in [0.5, 0.6) is 0 Å². The van der Waals surface area contributed by atoms with Crippen LogP contribution in [0.1, 0.15) is 25.0 Å². The fourth-order valence-corrected chi connectivity index (χ4v) is 6.34. The molecule has 9 heteroatoms. The topological polar surface area (TPSA) is 79.3 Å². The summed E-state index contributed by atoms with van der Waals surface area (Å²) in [5.41, 5.74) is 11.0. The SMILES string of the molecule is Cc1cc(=[N+]2CCN(S(=O)(=O)C(C)C)CC2)cc2sc3cc(N)cc(C)c3nc1-2.[I-]. The van der Waals surface area contributed by atoms with Gasteiger partial charge < -0.3 is 29.7 Å². The van der Waals surface area contributed by atoms with E-state index in [1.165, 1.54) is 0 Å². The van der Waals surface area contributed by atoms with Crippen molar-refractivity contribution in [3.63, 3.8) is 0 Å². The lowest BCUT2D eigenvalue weighted by molar-refractivity contribution is -0.00000852. The average Bonchev–Trinajstić information content (AvgIpc) is 2.66. The molecule has 0 atom stereocenters. The Kier molecular flexibility index (Phi) is 6.76. The molecule has 4 rings (SSSR count). The second kappa shape index (κ2) is 8.68. The van der Waals surface area contributed by atoms with Crippen LogP contribution in [-0.4, -0.2) is 49.1 Å². The molecular formula is C21H27IN4O2S2. The third-order valence-corrected chi connectivity index (χ3v) is 8.88. The van der Waals surface area contributed by atoms with Crippen LogP contribution in [0.4, 0.5) is 5.69 Å². The molecule has 0 bridgehead atoms. The van der Waals surface area contributed by atoms with E-state index in [1.54, 1.807) is 29.5 Å². The molecule has 3 aliphatic rings. The number of aryl methyl sites for hydroxylation is 2. The highest BCUT2D eigenvalue weighted by Gasteiger charge is 2.31. The monoisotopic (exact) mass is 558 g/mol. The number of sulfonamides is 1. The van der Waals surface area contributed by atoms with Crippen molar-refractivity contribution in [2.45, 2.75) is 32.9 Å². The lowest BCUT2D eigenvalue weighted by atomic mass is 10.1. The lowest BCUT2D eigenvalue weighted by Gasteiger charge is -2.26. The van der Waals surface area contributed by atoms with Gasteiger partial charge >= 0.3 is 0 Å². The van der Waals surface area contributed by atoms with Gasteiger partial charge in [0.1, 0.15) is 0 Å². The van der Waals surface area contributed by atoms with Crippen molar-refractivity contribution in [1.29, 1.82) is 0 Å². The van der Waals surface area contributed by atoms with E-state index in [0.29, 0.717) is 26.2 Å². The zero-order valence-corrected chi connectivity index (χ0v) is 21.4. The van der Waals surface area contributed by atoms with Gasteiger partial charge in [-0.05, 0) is 51.0 Å². The first-order valence-electron chi connectivity index (χ1n) is 9.85. The largest absolute Gasteiger partial charge is 1.00 e. The molecule has 0 aromatic heterocycles. The number of hydrogen-bond donors (Lipinski definition) is 1. The summed E-state index contributed by atoms with van der Waals surface area (Å²) >= 11 is 1.71. The highest BCUT2D eigenvalue weighted by Crippen LogP contribution is 2.33. The smallest absolute Gasteiger partial charge is 0.216 e. The number of piperazine rings is 1. The van der Waals surface area contributed by atoms with Gasteiger partial charge in [0.15, 0.2) is 13.1 Å². The number of fused-ring (bicyclic) bond motifs is 2. The van der Waals surface area contributed by atoms with E-state index in [0.717, 1.165) is 43.0 Å². The van der Waals surface area contributed by atoms with Gasteiger partial charge in [0.25, 0.3) is 0 Å². The number of nitrogen functional groups attached to an aromatic ring is 1. The number of benzene rings is 2. The first-order chi connectivity index (χ1) is 13.7. The van der Waals surface area contributed by atoms with Crippen LogP contribution >= 0.6 is 11.3 Å². The summed E-state index contributed by atoms with van der Waals surface area (Å²) in [4.78, 5) is 6.04. The highest BCUT2D eigenvalue weighted by molar-refractivity contribution is 7.89. The number of hydrogen-bond acceptors (Lipinski definition) is 5. The fraction of sp³-hybridized carbons (Fsp3) is 0.429. The normalized spacial score (nSPS) is 15.7. The van der Waals surface area contributed by atoms with E-state index in [1.807, 2.05) is 19.1 Å². The molecule has 2 heterocycles. The molecule has 2 aliphatic heterocycles. The molecule has 1 aliphatic carbocycles. The second-order valence-corrected chi connectivity index (χ2v) is 11.6. The van der Waals surface area contributed by atoms with E-state index >= 15 is 0 Å². The number of aromatic nitrogens is 1. The number of nitrogens with two attached hydrogens (primary N) is 1. The molecule has 1 saturated heterocycles. The zero-order chi connectivity index (χ0) is 20.9. The summed E-state index contributed by atoms with van der Waals surface area (Å²) in [6.07, 6.45) is 0. The van der Waals surface area contributed by atoms with Crippen LogP contribution in [0.15, 0.2) is 24.3 Å². The standard InChI is InChI=1S/C21H26N4O2S2.HI/c1-13(2)29(26,27)25-7-5-24(6-8-25)17-10-15(4)21-19(12-17)28-18-11-16(22)9-14(3)20(18)23-21;/h9-13,22H,5-8H2,1-4H3;1H. The Labute approximate surface area is 198 Å². The molecule has 0 spiro atoms. The van der Waals surface area contributed by atoms with Crippen molar-refractivity contribution in [1.82, 2.24) is 13.9 Å². The van der Waals surface area contributed by atoms with Gasteiger partial charge in [-0.1, -0.05) is 0 Å². The van der Waals surface area contributed by atoms with Crippen LogP contribution in [-0.2, 0) is 10.0 Å². The van der Waals surface area contributed by atoms with E-state index in [4.69, 9.17) is 10.7 Å². The number of anilines is 1. The van der Waals surface area contributed by atoms with Crippen molar-refractivity contribution in [3.05, 3.63) is 40.7 Å². The van der Waals surface area contributed by atoms with Gasteiger partial charge in [-0.3, -0.25) is 0 Å². The first-order valence-corrected chi connectivity index (χ1v) is 12.2. The number of nitrogens with zero attached hydrogens (tertiary/aromatic N) is 3. The highest BCUT2D eigenvalue weighted by atomic mass is 127. The van der Waals surface area contributed by atoms with Gasteiger partial charge in [-0.25, -0.2) is 18.0 Å². The minimum atomic E-state index is -3.19. The van der Waals surface area contributed by atoms with Crippen molar-refractivity contribution in [3.8, 4) is 10.6 Å². The predicted molar refractivity (Wildman–Crippen MR) is 121 cm³/mol. The van der Waals surface area contributed by atoms with Gasteiger partial charge in [-0.15, -0.1) is 11.3 Å². The average molecular weight is 559 g/mol. The van der Waals surface area contributed by atoms with Crippen LogP contribution in [0, 0.1) is 13.8 Å². The van der Waals surface area contributed by atoms with Crippen molar-refractivity contribution >= 4 is 37.3 Å². The van der Waals surface area contributed by atoms with Crippen LogP contribution in [0.25, 0.3) is 20.8 Å². The van der Waals surface area contributed by atoms with E-state index in [2.05, 4.69) is 23.6 Å². The predicted octanol–water partition coefficient (Wildman–Crippen LogP) is -0.570. The maximum Gasteiger partial charge on any atom is 0.216 e. The summed E-state index contributed by atoms with van der Waals surface area (Å²) in [6.45, 7) is 10.0.